The summed E-state index contributed by atoms with van der Waals surface area (Å²) < 4.78 is 1.05. The Bertz CT molecular complexity index is 879. The van der Waals surface area contributed by atoms with Gasteiger partial charge < -0.3 is 10.6 Å². The number of hydrogen-bond acceptors (Lipinski definition) is 5. The molecule has 0 aliphatic heterocycles. The van der Waals surface area contributed by atoms with E-state index in [0.717, 1.165) is 21.4 Å². The third kappa shape index (κ3) is 4.33. The first kappa shape index (κ1) is 17.4. The van der Waals surface area contributed by atoms with Crippen molar-refractivity contribution in [1.82, 2.24) is 15.2 Å². The zero-order valence-corrected chi connectivity index (χ0v) is 16.0. The molecule has 0 spiro atoms. The monoisotopic (exact) mass is 397 g/mol. The Morgan fingerprint density at radius 2 is 1.80 bits per heavy atom. The van der Waals surface area contributed by atoms with Gasteiger partial charge in [-0.2, -0.15) is 10.1 Å². The van der Waals surface area contributed by atoms with Crippen molar-refractivity contribution in [1.29, 1.82) is 0 Å². The number of para-hydroxylation sites is 1. The molecule has 3 aromatic rings. The van der Waals surface area contributed by atoms with E-state index in [1.54, 1.807) is 6.20 Å². The Hall–Kier alpha value is -2.47. The summed E-state index contributed by atoms with van der Waals surface area (Å²) in [7, 11) is 0. The molecule has 0 bridgehead atoms. The summed E-state index contributed by atoms with van der Waals surface area (Å²) in [5.74, 6) is 1.51. The molecule has 6 heteroatoms. The topological polar surface area (TPSA) is 62.7 Å². The van der Waals surface area contributed by atoms with Crippen molar-refractivity contribution in [2.24, 2.45) is 0 Å². The molecule has 0 aliphatic rings. The van der Waals surface area contributed by atoms with Crippen LogP contribution in [0.15, 0.2) is 53.1 Å². The number of aromatic nitrogens is 3. The Morgan fingerprint density at radius 3 is 2.56 bits per heavy atom. The smallest absolute Gasteiger partial charge is 0.249 e. The molecule has 3 rings (SSSR count). The Kier molecular flexibility index (Phi) is 5.28. The molecule has 2 aromatic carbocycles. The lowest BCUT2D eigenvalue weighted by Crippen LogP contribution is -2.05. The Balaban J connectivity index is 1.82. The number of halogens is 1. The minimum atomic E-state index is 0.406. The second kappa shape index (κ2) is 7.61. The fourth-order valence-corrected chi connectivity index (χ4v) is 3.03. The molecule has 1 aromatic heterocycles. The van der Waals surface area contributed by atoms with Crippen LogP contribution < -0.4 is 10.6 Å². The van der Waals surface area contributed by atoms with E-state index in [9.17, 15) is 0 Å². The third-order valence-corrected chi connectivity index (χ3v) is 4.33. The second-order valence-electron chi connectivity index (χ2n) is 6.12. The van der Waals surface area contributed by atoms with Gasteiger partial charge in [0.25, 0.3) is 0 Å². The van der Waals surface area contributed by atoms with Crippen LogP contribution in [-0.2, 0) is 0 Å². The van der Waals surface area contributed by atoms with Crippen LogP contribution in [-0.4, -0.2) is 15.2 Å². The van der Waals surface area contributed by atoms with E-state index in [1.165, 1.54) is 5.56 Å². The molecule has 0 saturated carbocycles. The number of hydrogen-bond donors (Lipinski definition) is 2. The Morgan fingerprint density at radius 1 is 1.00 bits per heavy atom. The van der Waals surface area contributed by atoms with Gasteiger partial charge in [0.15, 0.2) is 5.82 Å². The van der Waals surface area contributed by atoms with Crippen LogP contribution in [0.4, 0.5) is 23.1 Å². The molecule has 0 atom stereocenters. The number of anilines is 4. The quantitative estimate of drug-likeness (QED) is 0.590. The van der Waals surface area contributed by atoms with Crippen molar-refractivity contribution in [2.45, 2.75) is 26.7 Å². The van der Waals surface area contributed by atoms with Gasteiger partial charge in [-0.15, -0.1) is 5.10 Å². The predicted molar refractivity (Wildman–Crippen MR) is 106 cm³/mol. The fourth-order valence-electron chi connectivity index (χ4n) is 2.56. The molecule has 5 nitrogen and oxygen atoms in total. The highest BCUT2D eigenvalue weighted by Gasteiger charge is 2.08. The largest absolute Gasteiger partial charge is 0.339 e. The van der Waals surface area contributed by atoms with E-state index in [4.69, 9.17) is 0 Å². The number of rotatable bonds is 5. The highest BCUT2D eigenvalue weighted by molar-refractivity contribution is 9.10. The van der Waals surface area contributed by atoms with Gasteiger partial charge in [-0.1, -0.05) is 48.0 Å². The standard InChI is InChI=1S/C19H20BrN5/c1-12(2)15-6-4-5-7-17(15)23-19-24-18(11-21-25-19)22-16-9-8-14(20)10-13(16)3/h4-12H,1-3H3,(H2,22,23,24,25). The van der Waals surface area contributed by atoms with Crippen molar-refractivity contribution in [3.63, 3.8) is 0 Å². The summed E-state index contributed by atoms with van der Waals surface area (Å²) in [4.78, 5) is 4.52. The van der Waals surface area contributed by atoms with Crippen LogP contribution >= 0.6 is 15.9 Å². The van der Waals surface area contributed by atoms with E-state index in [2.05, 4.69) is 67.7 Å². The van der Waals surface area contributed by atoms with E-state index in [0.29, 0.717) is 17.7 Å². The molecule has 0 saturated heterocycles. The minimum Gasteiger partial charge on any atom is -0.339 e. The normalized spacial score (nSPS) is 10.8. The third-order valence-electron chi connectivity index (χ3n) is 3.84. The van der Waals surface area contributed by atoms with Crippen molar-refractivity contribution in [3.05, 3.63) is 64.3 Å². The van der Waals surface area contributed by atoms with Crippen molar-refractivity contribution < 1.29 is 0 Å². The molecule has 1 heterocycles. The van der Waals surface area contributed by atoms with E-state index in [-0.39, 0.29) is 0 Å². The maximum atomic E-state index is 4.52. The molecular weight excluding hydrogens is 378 g/mol. The molecule has 0 amide bonds. The predicted octanol–water partition coefficient (Wildman–Crippen LogP) is 5.55. The average molecular weight is 398 g/mol. The van der Waals surface area contributed by atoms with Crippen molar-refractivity contribution in [3.8, 4) is 0 Å². The SMILES string of the molecule is Cc1cc(Br)ccc1Nc1cnnc(Nc2ccccc2C(C)C)n1. The van der Waals surface area contributed by atoms with E-state index >= 15 is 0 Å². The molecular formula is C19H20BrN5. The molecule has 0 unspecified atom stereocenters. The van der Waals surface area contributed by atoms with Gasteiger partial charge in [0.2, 0.25) is 5.95 Å². The van der Waals surface area contributed by atoms with Crippen molar-refractivity contribution >= 4 is 39.1 Å². The van der Waals surface area contributed by atoms with Crippen LogP contribution in [0.5, 0.6) is 0 Å². The van der Waals surface area contributed by atoms with E-state index in [1.807, 2.05) is 37.3 Å². The van der Waals surface area contributed by atoms with Crippen LogP contribution in [0.25, 0.3) is 0 Å². The lowest BCUT2D eigenvalue weighted by atomic mass is 10.0. The Labute approximate surface area is 156 Å². The van der Waals surface area contributed by atoms with Gasteiger partial charge in [0.1, 0.15) is 0 Å². The summed E-state index contributed by atoms with van der Waals surface area (Å²) in [5.41, 5.74) is 4.31. The van der Waals surface area contributed by atoms with Gasteiger partial charge in [-0.3, -0.25) is 0 Å². The highest BCUT2D eigenvalue weighted by Crippen LogP contribution is 2.26. The van der Waals surface area contributed by atoms with Gasteiger partial charge in [0, 0.05) is 15.8 Å². The zero-order valence-electron chi connectivity index (χ0n) is 14.4. The maximum Gasteiger partial charge on any atom is 0.249 e. The van der Waals surface area contributed by atoms with Crippen molar-refractivity contribution in [2.75, 3.05) is 10.6 Å². The van der Waals surface area contributed by atoms with E-state index < -0.39 is 0 Å². The number of nitrogens with one attached hydrogen (secondary N) is 2. The molecule has 0 radical (unpaired) electrons. The molecule has 25 heavy (non-hydrogen) atoms. The van der Waals surface area contributed by atoms with Crippen LogP contribution in [0.3, 0.4) is 0 Å². The molecule has 128 valence electrons. The number of benzene rings is 2. The molecule has 0 fully saturated rings. The summed E-state index contributed by atoms with van der Waals surface area (Å²) in [5, 5.41) is 14.7. The summed E-state index contributed by atoms with van der Waals surface area (Å²) >= 11 is 3.47. The van der Waals surface area contributed by atoms with Crippen LogP contribution in [0, 0.1) is 6.92 Å². The fraction of sp³-hybridized carbons (Fsp3) is 0.211. The highest BCUT2D eigenvalue weighted by atomic mass is 79.9. The number of nitrogens with zero attached hydrogens (tertiary/aromatic N) is 3. The molecule has 2 N–H and O–H groups in total. The second-order valence-corrected chi connectivity index (χ2v) is 7.03. The first-order valence-corrected chi connectivity index (χ1v) is 8.91. The first-order valence-electron chi connectivity index (χ1n) is 8.12. The molecule has 0 aliphatic carbocycles. The summed E-state index contributed by atoms with van der Waals surface area (Å²) in [6, 6.07) is 14.2. The van der Waals surface area contributed by atoms with Gasteiger partial charge >= 0.3 is 0 Å². The average Bonchev–Trinajstić information content (AvgIpc) is 2.58. The zero-order chi connectivity index (χ0) is 17.8. The lowest BCUT2D eigenvalue weighted by Gasteiger charge is -2.14. The minimum absolute atomic E-state index is 0.406. The lowest BCUT2D eigenvalue weighted by molar-refractivity contribution is 0.867. The van der Waals surface area contributed by atoms with Crippen LogP contribution in [0.1, 0.15) is 30.9 Å². The van der Waals surface area contributed by atoms with Crippen LogP contribution in [0.2, 0.25) is 0 Å². The van der Waals surface area contributed by atoms with Gasteiger partial charge in [-0.25, -0.2) is 0 Å². The van der Waals surface area contributed by atoms with Gasteiger partial charge in [-0.05, 0) is 48.2 Å². The summed E-state index contributed by atoms with van der Waals surface area (Å²) in [6.07, 6.45) is 1.61. The first-order chi connectivity index (χ1) is 12.0. The number of aryl methyl sites for hydroxylation is 1. The maximum absolute atomic E-state index is 4.52. The van der Waals surface area contributed by atoms with Gasteiger partial charge in [0.05, 0.1) is 6.20 Å². The summed E-state index contributed by atoms with van der Waals surface area (Å²) in [6.45, 7) is 6.36.